The van der Waals surface area contributed by atoms with Crippen LogP contribution in [0.3, 0.4) is 0 Å². The summed E-state index contributed by atoms with van der Waals surface area (Å²) in [6, 6.07) is 11.6. The molecule has 0 atom stereocenters. The molecule has 0 saturated carbocycles. The Hall–Kier alpha value is -2.20. The van der Waals surface area contributed by atoms with Crippen LogP contribution < -0.4 is 5.32 Å². The van der Waals surface area contributed by atoms with E-state index in [9.17, 15) is 4.79 Å². The molecule has 3 aromatic rings. The van der Waals surface area contributed by atoms with Crippen LogP contribution >= 0.6 is 11.3 Å². The van der Waals surface area contributed by atoms with E-state index in [1.165, 1.54) is 0 Å². The third kappa shape index (κ3) is 2.42. The number of aryl methyl sites for hydroxylation is 2. The SMILES string of the molecule is Cc1ccc(C(=O)Nc2ccc3scnc3c2)c(C)c1. The molecular formula is C16H14N2OS. The van der Waals surface area contributed by atoms with Gasteiger partial charge in [0, 0.05) is 11.3 Å². The van der Waals surface area contributed by atoms with Gasteiger partial charge in [0.1, 0.15) is 0 Å². The molecular weight excluding hydrogens is 268 g/mol. The zero-order chi connectivity index (χ0) is 14.1. The van der Waals surface area contributed by atoms with E-state index in [-0.39, 0.29) is 5.91 Å². The first kappa shape index (κ1) is 12.8. The maximum atomic E-state index is 12.3. The number of nitrogens with one attached hydrogen (secondary N) is 1. The maximum Gasteiger partial charge on any atom is 0.255 e. The van der Waals surface area contributed by atoms with Gasteiger partial charge < -0.3 is 5.32 Å². The third-order valence-electron chi connectivity index (χ3n) is 3.21. The highest BCUT2D eigenvalue weighted by Gasteiger charge is 2.09. The molecule has 0 radical (unpaired) electrons. The van der Waals surface area contributed by atoms with Crippen molar-refractivity contribution < 1.29 is 4.79 Å². The second-order valence-corrected chi connectivity index (χ2v) is 5.69. The summed E-state index contributed by atoms with van der Waals surface area (Å²) in [7, 11) is 0. The smallest absolute Gasteiger partial charge is 0.255 e. The Balaban J connectivity index is 1.87. The summed E-state index contributed by atoms with van der Waals surface area (Å²) < 4.78 is 1.12. The van der Waals surface area contributed by atoms with Gasteiger partial charge in [-0.25, -0.2) is 4.98 Å². The summed E-state index contributed by atoms with van der Waals surface area (Å²) in [6.07, 6.45) is 0. The number of carbonyl (C=O) groups excluding carboxylic acids is 1. The van der Waals surface area contributed by atoms with Crippen LogP contribution in [0.25, 0.3) is 10.2 Å². The topological polar surface area (TPSA) is 42.0 Å². The Morgan fingerprint density at radius 2 is 2.00 bits per heavy atom. The number of fused-ring (bicyclic) bond motifs is 1. The number of thiazole rings is 1. The van der Waals surface area contributed by atoms with E-state index in [0.29, 0.717) is 5.56 Å². The Morgan fingerprint density at radius 1 is 1.15 bits per heavy atom. The molecule has 100 valence electrons. The monoisotopic (exact) mass is 282 g/mol. The van der Waals surface area contributed by atoms with Gasteiger partial charge in [0.25, 0.3) is 5.91 Å². The number of anilines is 1. The normalized spacial score (nSPS) is 10.7. The van der Waals surface area contributed by atoms with Gasteiger partial charge in [0.15, 0.2) is 0 Å². The van der Waals surface area contributed by atoms with Crippen LogP contribution in [0.1, 0.15) is 21.5 Å². The largest absolute Gasteiger partial charge is 0.322 e. The number of hydrogen-bond donors (Lipinski definition) is 1. The lowest BCUT2D eigenvalue weighted by Crippen LogP contribution is -2.13. The second kappa shape index (κ2) is 5.06. The van der Waals surface area contributed by atoms with Crippen molar-refractivity contribution >= 4 is 33.1 Å². The number of amides is 1. The standard InChI is InChI=1S/C16H14N2OS/c1-10-3-5-13(11(2)7-10)16(19)18-12-4-6-15-14(8-12)17-9-20-15/h3-9H,1-2H3,(H,18,19). The number of nitrogens with zero attached hydrogens (tertiary/aromatic N) is 1. The zero-order valence-corrected chi connectivity index (χ0v) is 12.1. The highest BCUT2D eigenvalue weighted by Crippen LogP contribution is 2.22. The zero-order valence-electron chi connectivity index (χ0n) is 11.3. The first-order chi connectivity index (χ1) is 9.63. The van der Waals surface area contributed by atoms with Crippen molar-refractivity contribution in [3.8, 4) is 0 Å². The van der Waals surface area contributed by atoms with Crippen molar-refractivity contribution in [2.45, 2.75) is 13.8 Å². The van der Waals surface area contributed by atoms with E-state index in [1.807, 2.05) is 50.2 Å². The molecule has 2 aromatic carbocycles. The van der Waals surface area contributed by atoms with Crippen LogP contribution in [0.4, 0.5) is 5.69 Å². The van der Waals surface area contributed by atoms with Gasteiger partial charge in [-0.15, -0.1) is 11.3 Å². The molecule has 20 heavy (non-hydrogen) atoms. The lowest BCUT2D eigenvalue weighted by atomic mass is 10.1. The average molecular weight is 282 g/mol. The molecule has 1 heterocycles. The van der Waals surface area contributed by atoms with Gasteiger partial charge in [-0.1, -0.05) is 17.7 Å². The van der Waals surface area contributed by atoms with Crippen molar-refractivity contribution in [1.29, 1.82) is 0 Å². The Morgan fingerprint density at radius 3 is 2.80 bits per heavy atom. The van der Waals surface area contributed by atoms with Crippen molar-refractivity contribution in [2.75, 3.05) is 5.32 Å². The number of rotatable bonds is 2. The molecule has 0 fully saturated rings. The van der Waals surface area contributed by atoms with E-state index in [1.54, 1.807) is 16.8 Å². The highest BCUT2D eigenvalue weighted by atomic mass is 32.1. The summed E-state index contributed by atoms with van der Waals surface area (Å²) in [5.74, 6) is -0.0860. The van der Waals surface area contributed by atoms with E-state index >= 15 is 0 Å². The molecule has 0 spiro atoms. The fourth-order valence-electron chi connectivity index (χ4n) is 2.20. The van der Waals surface area contributed by atoms with Gasteiger partial charge in [0.05, 0.1) is 15.7 Å². The molecule has 0 saturated heterocycles. The van der Waals surface area contributed by atoms with Gasteiger partial charge >= 0.3 is 0 Å². The molecule has 0 unspecified atom stereocenters. The molecule has 3 nitrogen and oxygen atoms in total. The van der Waals surface area contributed by atoms with Crippen molar-refractivity contribution in [1.82, 2.24) is 4.98 Å². The number of benzene rings is 2. The number of aromatic nitrogens is 1. The van der Waals surface area contributed by atoms with Gasteiger partial charge in [0.2, 0.25) is 0 Å². The molecule has 1 amide bonds. The molecule has 4 heteroatoms. The lowest BCUT2D eigenvalue weighted by Gasteiger charge is -2.08. The van der Waals surface area contributed by atoms with Crippen LogP contribution in [0, 0.1) is 13.8 Å². The fraction of sp³-hybridized carbons (Fsp3) is 0.125. The fourth-order valence-corrected chi connectivity index (χ4v) is 2.86. The summed E-state index contributed by atoms with van der Waals surface area (Å²) in [5.41, 5.74) is 6.33. The molecule has 3 rings (SSSR count). The molecule has 0 aliphatic heterocycles. The van der Waals surface area contributed by atoms with Crippen molar-refractivity contribution in [2.24, 2.45) is 0 Å². The predicted molar refractivity (Wildman–Crippen MR) is 83.5 cm³/mol. The summed E-state index contributed by atoms with van der Waals surface area (Å²) >= 11 is 1.59. The quantitative estimate of drug-likeness (QED) is 0.766. The molecule has 1 aromatic heterocycles. The van der Waals surface area contributed by atoms with E-state index < -0.39 is 0 Å². The van der Waals surface area contributed by atoms with E-state index in [2.05, 4.69) is 10.3 Å². The van der Waals surface area contributed by atoms with E-state index in [4.69, 9.17) is 0 Å². The van der Waals surface area contributed by atoms with Gasteiger partial charge in [-0.05, 0) is 43.7 Å². The second-order valence-electron chi connectivity index (χ2n) is 4.81. The highest BCUT2D eigenvalue weighted by molar-refractivity contribution is 7.16. The summed E-state index contributed by atoms with van der Waals surface area (Å²) in [5, 5.41) is 2.93. The Bertz CT molecular complexity index is 792. The van der Waals surface area contributed by atoms with Gasteiger partial charge in [-0.3, -0.25) is 4.79 Å². The minimum Gasteiger partial charge on any atom is -0.322 e. The first-order valence-corrected chi connectivity index (χ1v) is 7.23. The predicted octanol–water partition coefficient (Wildman–Crippen LogP) is 4.17. The molecule has 0 aliphatic rings. The van der Waals surface area contributed by atoms with E-state index in [0.717, 1.165) is 27.0 Å². The maximum absolute atomic E-state index is 12.3. The first-order valence-electron chi connectivity index (χ1n) is 6.35. The van der Waals surface area contributed by atoms with Crippen LogP contribution in [0.5, 0.6) is 0 Å². The Labute approximate surface area is 121 Å². The lowest BCUT2D eigenvalue weighted by molar-refractivity contribution is 0.102. The van der Waals surface area contributed by atoms with Crippen molar-refractivity contribution in [3.05, 3.63) is 58.6 Å². The van der Waals surface area contributed by atoms with Gasteiger partial charge in [-0.2, -0.15) is 0 Å². The van der Waals surface area contributed by atoms with Crippen LogP contribution in [0.2, 0.25) is 0 Å². The number of hydrogen-bond acceptors (Lipinski definition) is 3. The molecule has 0 aliphatic carbocycles. The summed E-state index contributed by atoms with van der Waals surface area (Å²) in [6.45, 7) is 3.97. The number of carbonyl (C=O) groups is 1. The molecule has 0 bridgehead atoms. The Kier molecular flexibility index (Phi) is 3.24. The van der Waals surface area contributed by atoms with Crippen molar-refractivity contribution in [3.63, 3.8) is 0 Å². The van der Waals surface area contributed by atoms with Crippen LogP contribution in [0.15, 0.2) is 41.9 Å². The summed E-state index contributed by atoms with van der Waals surface area (Å²) in [4.78, 5) is 16.5. The van der Waals surface area contributed by atoms with Crippen LogP contribution in [-0.2, 0) is 0 Å². The minimum atomic E-state index is -0.0860. The minimum absolute atomic E-state index is 0.0860. The molecule has 1 N–H and O–H groups in total. The average Bonchev–Trinajstić information content (AvgIpc) is 2.85. The third-order valence-corrected chi connectivity index (χ3v) is 4.02. The van der Waals surface area contributed by atoms with Crippen LogP contribution in [-0.4, -0.2) is 10.9 Å².